The Balaban J connectivity index is 1.52. The van der Waals surface area contributed by atoms with E-state index in [1.807, 2.05) is 59.3 Å². The summed E-state index contributed by atoms with van der Waals surface area (Å²) in [7, 11) is 0. The highest BCUT2D eigenvalue weighted by Gasteiger charge is 2.08. The SMILES string of the molecule is O=C(Cc1cccc(-n2ccnc2)c1)c1cccc(C#Cc2cncs2)c1. The van der Waals surface area contributed by atoms with Crippen molar-refractivity contribution in [2.45, 2.75) is 6.42 Å². The van der Waals surface area contributed by atoms with Crippen LogP contribution in [0.4, 0.5) is 0 Å². The van der Waals surface area contributed by atoms with Crippen molar-refractivity contribution in [1.29, 1.82) is 0 Å². The van der Waals surface area contributed by atoms with Crippen molar-refractivity contribution in [3.63, 3.8) is 0 Å². The molecule has 2 aromatic carbocycles. The highest BCUT2D eigenvalue weighted by molar-refractivity contribution is 7.10. The first kappa shape index (κ1) is 17.0. The Labute approximate surface area is 161 Å². The van der Waals surface area contributed by atoms with Crippen molar-refractivity contribution in [2.24, 2.45) is 0 Å². The summed E-state index contributed by atoms with van der Waals surface area (Å²) in [4.78, 5) is 21.7. The Kier molecular flexibility index (Phi) is 4.91. The summed E-state index contributed by atoms with van der Waals surface area (Å²) in [5.74, 6) is 6.23. The highest BCUT2D eigenvalue weighted by Crippen LogP contribution is 2.14. The van der Waals surface area contributed by atoms with E-state index in [4.69, 9.17) is 0 Å². The van der Waals surface area contributed by atoms with Crippen molar-refractivity contribution in [1.82, 2.24) is 14.5 Å². The lowest BCUT2D eigenvalue weighted by Crippen LogP contribution is -2.04. The summed E-state index contributed by atoms with van der Waals surface area (Å²) in [6.45, 7) is 0. The van der Waals surface area contributed by atoms with Gasteiger partial charge in [-0.2, -0.15) is 0 Å². The molecule has 0 unspecified atom stereocenters. The number of nitrogens with zero attached hydrogens (tertiary/aromatic N) is 3. The Morgan fingerprint density at radius 2 is 2.00 bits per heavy atom. The van der Waals surface area contributed by atoms with Gasteiger partial charge in [0.25, 0.3) is 0 Å². The van der Waals surface area contributed by atoms with Gasteiger partial charge in [-0.1, -0.05) is 30.2 Å². The van der Waals surface area contributed by atoms with Gasteiger partial charge in [-0.15, -0.1) is 11.3 Å². The third kappa shape index (κ3) is 4.20. The molecule has 0 N–H and O–H groups in total. The number of carbonyl (C=O) groups is 1. The van der Waals surface area contributed by atoms with Crippen LogP contribution in [0.1, 0.15) is 26.4 Å². The largest absolute Gasteiger partial charge is 0.306 e. The van der Waals surface area contributed by atoms with Crippen LogP contribution < -0.4 is 0 Å². The van der Waals surface area contributed by atoms with E-state index in [0.717, 1.165) is 21.7 Å². The minimum absolute atomic E-state index is 0.0687. The van der Waals surface area contributed by atoms with E-state index in [-0.39, 0.29) is 5.78 Å². The highest BCUT2D eigenvalue weighted by atomic mass is 32.1. The molecule has 0 aliphatic heterocycles. The minimum atomic E-state index is 0.0687. The summed E-state index contributed by atoms with van der Waals surface area (Å²) in [6.07, 6.45) is 7.43. The zero-order chi connectivity index (χ0) is 18.5. The van der Waals surface area contributed by atoms with Gasteiger partial charge in [-0.25, -0.2) is 4.98 Å². The number of ketones is 1. The van der Waals surface area contributed by atoms with E-state index in [9.17, 15) is 4.79 Å². The maximum atomic E-state index is 12.7. The molecule has 0 saturated carbocycles. The van der Waals surface area contributed by atoms with Crippen LogP contribution in [0.25, 0.3) is 5.69 Å². The molecule has 0 aliphatic carbocycles. The quantitative estimate of drug-likeness (QED) is 0.401. The molecule has 5 heteroatoms. The van der Waals surface area contributed by atoms with Crippen LogP contribution in [-0.4, -0.2) is 20.3 Å². The molecular weight excluding hydrogens is 354 g/mol. The maximum absolute atomic E-state index is 12.7. The molecule has 0 spiro atoms. The fourth-order valence-electron chi connectivity index (χ4n) is 2.71. The third-order valence-electron chi connectivity index (χ3n) is 4.02. The number of aromatic nitrogens is 3. The third-order valence-corrected chi connectivity index (χ3v) is 4.71. The smallest absolute Gasteiger partial charge is 0.167 e. The van der Waals surface area contributed by atoms with Gasteiger partial charge in [0.2, 0.25) is 0 Å². The molecule has 0 fully saturated rings. The van der Waals surface area contributed by atoms with Crippen LogP contribution in [0, 0.1) is 11.8 Å². The molecular formula is C22H15N3OS. The lowest BCUT2D eigenvalue weighted by molar-refractivity contribution is 0.0993. The van der Waals surface area contributed by atoms with E-state index in [1.54, 1.807) is 24.2 Å². The molecule has 0 aliphatic rings. The van der Waals surface area contributed by atoms with Crippen molar-refractivity contribution < 1.29 is 4.79 Å². The fourth-order valence-corrected chi connectivity index (χ4v) is 3.17. The van der Waals surface area contributed by atoms with Crippen molar-refractivity contribution in [3.05, 3.63) is 101 Å². The molecule has 0 atom stereocenters. The molecule has 0 saturated heterocycles. The van der Waals surface area contributed by atoms with Gasteiger partial charge in [0, 0.05) is 35.6 Å². The average molecular weight is 369 g/mol. The summed E-state index contributed by atoms with van der Waals surface area (Å²) in [5, 5.41) is 0. The second-order valence-corrected chi connectivity index (χ2v) is 6.82. The number of thiazole rings is 1. The second-order valence-electron chi connectivity index (χ2n) is 5.94. The molecule has 0 radical (unpaired) electrons. The van der Waals surface area contributed by atoms with Crippen molar-refractivity contribution >= 4 is 17.1 Å². The number of hydrogen-bond acceptors (Lipinski definition) is 4. The van der Waals surface area contributed by atoms with Crippen LogP contribution in [-0.2, 0) is 6.42 Å². The Bertz CT molecular complexity index is 1120. The first-order chi connectivity index (χ1) is 13.3. The van der Waals surface area contributed by atoms with E-state index in [0.29, 0.717) is 12.0 Å². The van der Waals surface area contributed by atoms with Gasteiger partial charge in [-0.3, -0.25) is 9.78 Å². The Hall–Kier alpha value is -3.49. The summed E-state index contributed by atoms with van der Waals surface area (Å²) < 4.78 is 1.92. The van der Waals surface area contributed by atoms with Gasteiger partial charge in [0.05, 0.1) is 22.9 Å². The number of benzene rings is 2. The average Bonchev–Trinajstić information content (AvgIpc) is 3.41. The molecule has 4 nitrogen and oxygen atoms in total. The van der Waals surface area contributed by atoms with Gasteiger partial charge in [0.15, 0.2) is 5.78 Å². The number of Topliss-reactive ketones (excluding diaryl/α,β-unsaturated/α-hetero) is 1. The zero-order valence-corrected chi connectivity index (χ0v) is 15.2. The van der Waals surface area contributed by atoms with E-state index < -0.39 is 0 Å². The molecule has 130 valence electrons. The summed E-state index contributed by atoms with van der Waals surface area (Å²) in [5.41, 5.74) is 5.19. The summed E-state index contributed by atoms with van der Waals surface area (Å²) in [6, 6.07) is 15.4. The molecule has 4 aromatic rings. The standard InChI is InChI=1S/C22H15N3OS/c26-22(13-18-4-2-6-20(12-18)25-10-9-23-15-25)19-5-1-3-17(11-19)7-8-21-14-24-16-27-21/h1-6,9-12,14-16H,13H2. The van der Waals surface area contributed by atoms with Crippen LogP contribution in [0.3, 0.4) is 0 Å². The number of imidazole rings is 1. The number of carbonyl (C=O) groups excluding carboxylic acids is 1. The van der Waals surface area contributed by atoms with Crippen molar-refractivity contribution in [3.8, 4) is 17.5 Å². The van der Waals surface area contributed by atoms with Gasteiger partial charge >= 0.3 is 0 Å². The lowest BCUT2D eigenvalue weighted by atomic mass is 10.0. The first-order valence-corrected chi connectivity index (χ1v) is 9.27. The predicted octanol–water partition coefficient (Wildman–Crippen LogP) is 4.15. The normalized spacial score (nSPS) is 10.2. The van der Waals surface area contributed by atoms with Crippen molar-refractivity contribution in [2.75, 3.05) is 0 Å². The molecule has 2 aromatic heterocycles. The van der Waals surface area contributed by atoms with Gasteiger partial charge in [-0.05, 0) is 35.7 Å². The first-order valence-electron chi connectivity index (χ1n) is 8.39. The number of hydrogen-bond donors (Lipinski definition) is 0. The van der Waals surface area contributed by atoms with Crippen LogP contribution in [0.5, 0.6) is 0 Å². The van der Waals surface area contributed by atoms with Gasteiger partial charge in [0.1, 0.15) is 0 Å². The van der Waals surface area contributed by atoms with E-state index in [2.05, 4.69) is 21.8 Å². The second kappa shape index (κ2) is 7.81. The summed E-state index contributed by atoms with van der Waals surface area (Å²) >= 11 is 1.50. The Morgan fingerprint density at radius 3 is 2.81 bits per heavy atom. The zero-order valence-electron chi connectivity index (χ0n) is 14.4. The molecule has 2 heterocycles. The number of rotatable bonds is 4. The topological polar surface area (TPSA) is 47.8 Å². The van der Waals surface area contributed by atoms with E-state index in [1.165, 1.54) is 11.3 Å². The van der Waals surface area contributed by atoms with Crippen LogP contribution in [0.15, 0.2) is 79.0 Å². The van der Waals surface area contributed by atoms with Crippen LogP contribution >= 0.6 is 11.3 Å². The molecule has 27 heavy (non-hydrogen) atoms. The fraction of sp³-hybridized carbons (Fsp3) is 0.0455. The van der Waals surface area contributed by atoms with Gasteiger partial charge < -0.3 is 4.57 Å². The molecule has 0 bridgehead atoms. The minimum Gasteiger partial charge on any atom is -0.306 e. The molecule has 0 amide bonds. The Morgan fingerprint density at radius 1 is 1.07 bits per heavy atom. The lowest BCUT2D eigenvalue weighted by Gasteiger charge is -2.06. The monoisotopic (exact) mass is 369 g/mol. The molecule has 4 rings (SSSR count). The van der Waals surface area contributed by atoms with E-state index >= 15 is 0 Å². The van der Waals surface area contributed by atoms with Crippen LogP contribution in [0.2, 0.25) is 0 Å². The maximum Gasteiger partial charge on any atom is 0.167 e. The predicted molar refractivity (Wildman–Crippen MR) is 106 cm³/mol.